The van der Waals surface area contributed by atoms with Crippen LogP contribution in [0.4, 0.5) is 11.4 Å². The smallest absolute Gasteiger partial charge is 0.337 e. The number of nitro benzene ring substituents is 1. The summed E-state index contributed by atoms with van der Waals surface area (Å²) in [4.78, 5) is 22.1. The molecule has 0 saturated heterocycles. The molecule has 0 aliphatic rings. The summed E-state index contributed by atoms with van der Waals surface area (Å²) in [5.41, 5.74) is 0.579. The molecule has 0 amide bonds. The van der Waals surface area contributed by atoms with E-state index in [9.17, 15) is 14.9 Å². The number of nitro groups is 1. The molecule has 2 unspecified atom stereocenters. The summed E-state index contributed by atoms with van der Waals surface area (Å²) in [6, 6.07) is 4.23. The molecule has 1 N–H and O–H groups in total. The lowest BCUT2D eigenvalue weighted by atomic mass is 10.0. The second kappa shape index (κ2) is 6.88. The molecule has 1 aromatic rings. The molecule has 2 atom stereocenters. The Morgan fingerprint density at radius 3 is 2.60 bits per heavy atom. The third-order valence-electron chi connectivity index (χ3n) is 3.50. The van der Waals surface area contributed by atoms with Crippen LogP contribution in [0.3, 0.4) is 0 Å². The van der Waals surface area contributed by atoms with Gasteiger partial charge in [-0.1, -0.05) is 20.3 Å². The van der Waals surface area contributed by atoms with Gasteiger partial charge in [0.15, 0.2) is 0 Å². The van der Waals surface area contributed by atoms with E-state index in [1.807, 2.05) is 6.92 Å². The van der Waals surface area contributed by atoms with Gasteiger partial charge in [0.1, 0.15) is 5.69 Å². The Hall–Kier alpha value is -2.11. The van der Waals surface area contributed by atoms with E-state index in [0.717, 1.165) is 6.42 Å². The Morgan fingerprint density at radius 2 is 2.10 bits per heavy atom. The van der Waals surface area contributed by atoms with Crippen LogP contribution < -0.4 is 5.32 Å². The average molecular weight is 280 g/mol. The van der Waals surface area contributed by atoms with Crippen molar-refractivity contribution >= 4 is 17.3 Å². The van der Waals surface area contributed by atoms with Gasteiger partial charge in [-0.25, -0.2) is 4.79 Å². The zero-order valence-electron chi connectivity index (χ0n) is 12.2. The van der Waals surface area contributed by atoms with Crippen molar-refractivity contribution in [2.45, 2.75) is 33.2 Å². The number of nitrogens with one attached hydrogen (secondary N) is 1. The lowest BCUT2D eigenvalue weighted by molar-refractivity contribution is -0.384. The molecule has 6 nitrogen and oxygen atoms in total. The van der Waals surface area contributed by atoms with Crippen molar-refractivity contribution in [2.75, 3.05) is 12.4 Å². The van der Waals surface area contributed by atoms with Crippen LogP contribution in [0.5, 0.6) is 0 Å². The van der Waals surface area contributed by atoms with Gasteiger partial charge in [-0.15, -0.1) is 0 Å². The standard InChI is InChI=1S/C14H20N2O4/c1-5-9(2)10(3)15-12-8-11(14(17)20-4)6-7-13(12)16(18)19/h6-10,15H,5H2,1-4H3. The van der Waals surface area contributed by atoms with Gasteiger partial charge >= 0.3 is 5.97 Å². The van der Waals surface area contributed by atoms with Gasteiger partial charge in [0, 0.05) is 12.1 Å². The highest BCUT2D eigenvalue weighted by molar-refractivity contribution is 5.91. The molecule has 0 fully saturated rings. The van der Waals surface area contributed by atoms with Gasteiger partial charge in [-0.3, -0.25) is 10.1 Å². The lowest BCUT2D eigenvalue weighted by Gasteiger charge is -2.21. The van der Waals surface area contributed by atoms with Crippen LogP contribution in [0, 0.1) is 16.0 Å². The van der Waals surface area contributed by atoms with Gasteiger partial charge in [0.2, 0.25) is 0 Å². The predicted octanol–water partition coefficient (Wildman–Crippen LogP) is 3.23. The zero-order chi connectivity index (χ0) is 15.3. The quantitative estimate of drug-likeness (QED) is 0.491. The molecular formula is C14H20N2O4. The third-order valence-corrected chi connectivity index (χ3v) is 3.50. The summed E-state index contributed by atoms with van der Waals surface area (Å²) in [6.07, 6.45) is 0.957. The molecule has 110 valence electrons. The summed E-state index contributed by atoms with van der Waals surface area (Å²) in [5.74, 6) is -0.157. The number of methoxy groups -OCH3 is 1. The summed E-state index contributed by atoms with van der Waals surface area (Å²) >= 11 is 0. The molecule has 0 saturated carbocycles. The van der Waals surface area contributed by atoms with Gasteiger partial charge in [-0.05, 0) is 25.0 Å². The number of ether oxygens (including phenoxy) is 1. The van der Waals surface area contributed by atoms with Crippen LogP contribution in [-0.2, 0) is 4.74 Å². The topological polar surface area (TPSA) is 81.5 Å². The van der Waals surface area contributed by atoms with Crippen LogP contribution in [-0.4, -0.2) is 24.0 Å². The number of rotatable bonds is 6. The fraction of sp³-hybridized carbons (Fsp3) is 0.500. The average Bonchev–Trinajstić information content (AvgIpc) is 2.44. The minimum atomic E-state index is -0.515. The summed E-state index contributed by atoms with van der Waals surface area (Å²) < 4.78 is 4.63. The molecule has 0 heterocycles. The van der Waals surface area contributed by atoms with E-state index in [4.69, 9.17) is 0 Å². The van der Waals surface area contributed by atoms with Gasteiger partial charge in [0.25, 0.3) is 5.69 Å². The number of carbonyl (C=O) groups excluding carboxylic acids is 1. The first-order chi connectivity index (χ1) is 9.40. The largest absolute Gasteiger partial charge is 0.465 e. The second-order valence-electron chi connectivity index (χ2n) is 4.80. The van der Waals surface area contributed by atoms with E-state index in [0.29, 0.717) is 11.6 Å². The Labute approximate surface area is 118 Å². The molecule has 0 aliphatic heterocycles. The third kappa shape index (κ3) is 3.69. The van der Waals surface area contributed by atoms with E-state index < -0.39 is 10.9 Å². The number of nitrogens with zero attached hydrogens (tertiary/aromatic N) is 1. The molecule has 0 bridgehead atoms. The fourth-order valence-electron chi connectivity index (χ4n) is 1.80. The van der Waals surface area contributed by atoms with Crippen LogP contribution in [0.2, 0.25) is 0 Å². The number of anilines is 1. The first-order valence-electron chi connectivity index (χ1n) is 6.54. The van der Waals surface area contributed by atoms with Crippen molar-refractivity contribution in [1.82, 2.24) is 0 Å². The number of benzene rings is 1. The second-order valence-corrected chi connectivity index (χ2v) is 4.80. The number of hydrogen-bond acceptors (Lipinski definition) is 5. The molecule has 0 spiro atoms. The highest BCUT2D eigenvalue weighted by Crippen LogP contribution is 2.27. The lowest BCUT2D eigenvalue weighted by Crippen LogP contribution is -2.23. The van der Waals surface area contributed by atoms with Crippen LogP contribution in [0.15, 0.2) is 18.2 Å². The van der Waals surface area contributed by atoms with Crippen molar-refractivity contribution in [3.63, 3.8) is 0 Å². The van der Waals surface area contributed by atoms with E-state index in [-0.39, 0.29) is 17.3 Å². The molecule has 1 rings (SSSR count). The molecule has 0 radical (unpaired) electrons. The number of hydrogen-bond donors (Lipinski definition) is 1. The van der Waals surface area contributed by atoms with Crippen LogP contribution in [0.25, 0.3) is 0 Å². The monoisotopic (exact) mass is 280 g/mol. The van der Waals surface area contributed by atoms with Crippen molar-refractivity contribution in [3.05, 3.63) is 33.9 Å². The summed E-state index contributed by atoms with van der Waals surface area (Å²) in [5, 5.41) is 14.2. The van der Waals surface area contributed by atoms with E-state index in [1.54, 1.807) is 0 Å². The van der Waals surface area contributed by atoms with Crippen molar-refractivity contribution in [2.24, 2.45) is 5.92 Å². The maximum atomic E-state index is 11.5. The van der Waals surface area contributed by atoms with E-state index in [1.165, 1.54) is 25.3 Å². The highest BCUT2D eigenvalue weighted by Gasteiger charge is 2.20. The van der Waals surface area contributed by atoms with Crippen LogP contribution >= 0.6 is 0 Å². The molecule has 1 aromatic carbocycles. The van der Waals surface area contributed by atoms with E-state index >= 15 is 0 Å². The molecule has 0 aromatic heterocycles. The fourth-order valence-corrected chi connectivity index (χ4v) is 1.80. The van der Waals surface area contributed by atoms with Crippen LogP contribution in [0.1, 0.15) is 37.6 Å². The molecule has 0 aliphatic carbocycles. The Balaban J connectivity index is 3.12. The summed E-state index contributed by atoms with van der Waals surface area (Å²) in [7, 11) is 1.28. The minimum absolute atomic E-state index is 0.0483. The van der Waals surface area contributed by atoms with Gasteiger partial charge in [0.05, 0.1) is 17.6 Å². The van der Waals surface area contributed by atoms with E-state index in [2.05, 4.69) is 23.9 Å². The number of esters is 1. The normalized spacial score (nSPS) is 13.4. The highest BCUT2D eigenvalue weighted by atomic mass is 16.6. The maximum absolute atomic E-state index is 11.5. The molecule has 20 heavy (non-hydrogen) atoms. The Bertz CT molecular complexity index is 502. The van der Waals surface area contributed by atoms with Crippen molar-refractivity contribution < 1.29 is 14.5 Å². The maximum Gasteiger partial charge on any atom is 0.337 e. The summed E-state index contributed by atoms with van der Waals surface area (Å²) in [6.45, 7) is 6.08. The predicted molar refractivity (Wildman–Crippen MR) is 77.0 cm³/mol. The first-order valence-corrected chi connectivity index (χ1v) is 6.54. The molecular weight excluding hydrogens is 260 g/mol. The SMILES string of the molecule is CCC(C)C(C)Nc1cc(C(=O)OC)ccc1[N+](=O)[O-]. The zero-order valence-corrected chi connectivity index (χ0v) is 12.2. The number of carbonyl (C=O) groups is 1. The van der Waals surface area contributed by atoms with Gasteiger partial charge in [-0.2, -0.15) is 0 Å². The molecule has 6 heteroatoms. The van der Waals surface area contributed by atoms with Gasteiger partial charge < -0.3 is 10.1 Å². The minimum Gasteiger partial charge on any atom is -0.465 e. The Kier molecular flexibility index (Phi) is 5.49. The van der Waals surface area contributed by atoms with Crippen molar-refractivity contribution in [1.29, 1.82) is 0 Å². The Morgan fingerprint density at radius 1 is 1.45 bits per heavy atom. The first kappa shape index (κ1) is 15.9. The van der Waals surface area contributed by atoms with Crippen molar-refractivity contribution in [3.8, 4) is 0 Å².